The van der Waals surface area contributed by atoms with Crippen molar-refractivity contribution in [3.05, 3.63) is 53.1 Å². The highest BCUT2D eigenvalue weighted by molar-refractivity contribution is 5.78. The zero-order valence-electron chi connectivity index (χ0n) is 16.4. The van der Waals surface area contributed by atoms with E-state index in [0.29, 0.717) is 38.4 Å². The van der Waals surface area contributed by atoms with Crippen LogP contribution < -0.4 is 0 Å². The van der Waals surface area contributed by atoms with Gasteiger partial charge in [-0.05, 0) is 30.7 Å². The molecule has 1 fully saturated rings. The summed E-state index contributed by atoms with van der Waals surface area (Å²) in [5.41, 5.74) is 0.310. The van der Waals surface area contributed by atoms with E-state index in [2.05, 4.69) is 10.00 Å². The highest BCUT2D eigenvalue weighted by atomic mass is 19.4. The fourth-order valence-electron chi connectivity index (χ4n) is 3.50. The minimum atomic E-state index is -4.50. The van der Waals surface area contributed by atoms with Crippen molar-refractivity contribution in [2.45, 2.75) is 33.1 Å². The van der Waals surface area contributed by atoms with Crippen LogP contribution in [0.15, 0.2) is 30.3 Å². The smallest absolute Gasteiger partial charge is 0.340 e. The van der Waals surface area contributed by atoms with Crippen LogP contribution in [0.1, 0.15) is 23.9 Å². The van der Waals surface area contributed by atoms with Crippen molar-refractivity contribution >= 4 is 5.91 Å². The summed E-state index contributed by atoms with van der Waals surface area (Å²) in [7, 11) is 0. The van der Waals surface area contributed by atoms with Crippen molar-refractivity contribution in [1.29, 1.82) is 0 Å². The van der Waals surface area contributed by atoms with Crippen LogP contribution in [0.2, 0.25) is 0 Å². The molecule has 2 aromatic rings. The molecule has 1 aromatic heterocycles. The number of halogens is 4. The van der Waals surface area contributed by atoms with Gasteiger partial charge in [-0.1, -0.05) is 19.1 Å². The van der Waals surface area contributed by atoms with Gasteiger partial charge in [-0.15, -0.1) is 0 Å². The molecule has 158 valence electrons. The van der Waals surface area contributed by atoms with Crippen LogP contribution in [-0.2, 0) is 24.1 Å². The molecule has 29 heavy (non-hydrogen) atoms. The molecule has 0 spiro atoms. The largest absolute Gasteiger partial charge is 0.435 e. The first-order valence-electron chi connectivity index (χ1n) is 9.50. The molecule has 3 rings (SSSR count). The second-order valence-corrected chi connectivity index (χ2v) is 7.48. The van der Waals surface area contributed by atoms with Crippen molar-refractivity contribution in [2.75, 3.05) is 26.2 Å². The van der Waals surface area contributed by atoms with Crippen LogP contribution in [0.5, 0.6) is 0 Å². The van der Waals surface area contributed by atoms with Gasteiger partial charge in [0, 0.05) is 38.4 Å². The Morgan fingerprint density at radius 3 is 2.45 bits per heavy atom. The highest BCUT2D eigenvalue weighted by Crippen LogP contribution is 2.28. The number of amides is 1. The Balaban J connectivity index is 1.53. The van der Waals surface area contributed by atoms with Gasteiger partial charge in [-0.3, -0.25) is 14.4 Å². The maximum atomic E-state index is 13.3. The van der Waals surface area contributed by atoms with Crippen LogP contribution >= 0.6 is 0 Å². The lowest BCUT2D eigenvalue weighted by atomic mass is 10.1. The van der Waals surface area contributed by atoms with Gasteiger partial charge in [0.15, 0.2) is 5.69 Å². The standard InChI is InChI=1S/C20H24F4N4O/c1-14(12-28-15(2)10-18(25-28)20(22,23)24)19(29)27-8-6-26(7-9-27)13-16-4-3-5-17(21)11-16/h3-5,10-11,14H,6-9,12-13H2,1-2H3. The number of benzene rings is 1. The second kappa shape index (κ2) is 8.52. The Labute approximate surface area is 166 Å². The van der Waals surface area contributed by atoms with Crippen LogP contribution in [0.4, 0.5) is 17.6 Å². The molecule has 2 heterocycles. The number of hydrogen-bond donors (Lipinski definition) is 0. The lowest BCUT2D eigenvalue weighted by Crippen LogP contribution is -2.50. The molecule has 1 aliphatic heterocycles. The van der Waals surface area contributed by atoms with E-state index in [0.717, 1.165) is 11.6 Å². The molecule has 1 aliphatic rings. The number of carbonyl (C=O) groups excluding carboxylic acids is 1. The fourth-order valence-corrected chi connectivity index (χ4v) is 3.50. The van der Waals surface area contributed by atoms with Crippen LogP contribution in [-0.4, -0.2) is 51.7 Å². The Morgan fingerprint density at radius 2 is 1.86 bits per heavy atom. The van der Waals surface area contributed by atoms with Crippen LogP contribution in [0.3, 0.4) is 0 Å². The van der Waals surface area contributed by atoms with Crippen LogP contribution in [0.25, 0.3) is 0 Å². The molecule has 1 aromatic carbocycles. The third-order valence-corrected chi connectivity index (χ3v) is 5.12. The quantitative estimate of drug-likeness (QED) is 0.708. The van der Waals surface area contributed by atoms with Crippen molar-refractivity contribution in [3.8, 4) is 0 Å². The number of piperazine rings is 1. The maximum Gasteiger partial charge on any atom is 0.435 e. The first-order chi connectivity index (χ1) is 13.6. The van der Waals surface area contributed by atoms with Gasteiger partial charge in [0.2, 0.25) is 5.91 Å². The van der Waals surface area contributed by atoms with E-state index in [1.165, 1.54) is 16.8 Å². The molecule has 0 saturated carbocycles. The van der Waals surface area contributed by atoms with E-state index in [1.54, 1.807) is 24.8 Å². The van der Waals surface area contributed by atoms with Gasteiger partial charge in [-0.2, -0.15) is 18.3 Å². The first kappa shape index (κ1) is 21.3. The molecule has 1 atom stereocenters. The third kappa shape index (κ3) is 5.35. The van der Waals surface area contributed by atoms with Gasteiger partial charge in [0.05, 0.1) is 12.5 Å². The number of aryl methyl sites for hydroxylation is 1. The molecule has 5 nitrogen and oxygen atoms in total. The van der Waals surface area contributed by atoms with Crippen LogP contribution in [0, 0.1) is 18.7 Å². The minimum Gasteiger partial charge on any atom is -0.340 e. The highest BCUT2D eigenvalue weighted by Gasteiger charge is 2.35. The zero-order valence-corrected chi connectivity index (χ0v) is 16.4. The lowest BCUT2D eigenvalue weighted by molar-refractivity contribution is -0.141. The van der Waals surface area contributed by atoms with Gasteiger partial charge in [0.25, 0.3) is 0 Å². The van der Waals surface area contributed by atoms with E-state index in [4.69, 9.17) is 0 Å². The van der Waals surface area contributed by atoms with Crippen molar-refractivity contribution in [2.24, 2.45) is 5.92 Å². The van der Waals surface area contributed by atoms with Crippen molar-refractivity contribution in [3.63, 3.8) is 0 Å². The Morgan fingerprint density at radius 1 is 1.17 bits per heavy atom. The van der Waals surface area contributed by atoms with E-state index >= 15 is 0 Å². The van der Waals surface area contributed by atoms with Gasteiger partial charge in [0.1, 0.15) is 5.82 Å². The molecule has 0 aliphatic carbocycles. The summed E-state index contributed by atoms with van der Waals surface area (Å²) in [4.78, 5) is 16.6. The Kier molecular flexibility index (Phi) is 6.26. The molecule has 9 heteroatoms. The second-order valence-electron chi connectivity index (χ2n) is 7.48. The van der Waals surface area contributed by atoms with Crippen molar-refractivity contribution in [1.82, 2.24) is 19.6 Å². The monoisotopic (exact) mass is 412 g/mol. The topological polar surface area (TPSA) is 41.4 Å². The number of carbonyl (C=O) groups is 1. The number of aromatic nitrogens is 2. The average molecular weight is 412 g/mol. The first-order valence-corrected chi connectivity index (χ1v) is 9.50. The normalized spacial score (nSPS) is 16.8. The van der Waals surface area contributed by atoms with Crippen molar-refractivity contribution < 1.29 is 22.4 Å². The summed E-state index contributed by atoms with van der Waals surface area (Å²) in [5.74, 6) is -0.851. The van der Waals surface area contributed by atoms with E-state index < -0.39 is 17.8 Å². The molecule has 0 radical (unpaired) electrons. The number of nitrogens with zero attached hydrogens (tertiary/aromatic N) is 4. The summed E-state index contributed by atoms with van der Waals surface area (Å²) >= 11 is 0. The molecule has 0 bridgehead atoms. The molecular weight excluding hydrogens is 388 g/mol. The van der Waals surface area contributed by atoms with Gasteiger partial charge in [-0.25, -0.2) is 4.39 Å². The maximum absolute atomic E-state index is 13.3. The zero-order chi connectivity index (χ0) is 21.2. The Bertz CT molecular complexity index is 856. The minimum absolute atomic E-state index is 0.0983. The SMILES string of the molecule is Cc1cc(C(F)(F)F)nn1CC(C)C(=O)N1CCN(Cc2cccc(F)c2)CC1. The number of rotatable bonds is 5. The molecule has 1 amide bonds. The number of hydrogen-bond acceptors (Lipinski definition) is 3. The molecular formula is C20H24F4N4O. The predicted octanol–water partition coefficient (Wildman–Crippen LogP) is 3.33. The molecule has 0 N–H and O–H groups in total. The van der Waals surface area contributed by atoms with E-state index in [-0.39, 0.29) is 18.3 Å². The summed E-state index contributed by atoms with van der Waals surface area (Å²) in [6.45, 7) is 6.35. The predicted molar refractivity (Wildman–Crippen MR) is 99.4 cm³/mol. The molecule has 1 unspecified atom stereocenters. The summed E-state index contributed by atoms with van der Waals surface area (Å²) < 4.78 is 53.0. The summed E-state index contributed by atoms with van der Waals surface area (Å²) in [6.07, 6.45) is -4.50. The van der Waals surface area contributed by atoms with Gasteiger partial charge >= 0.3 is 6.18 Å². The van der Waals surface area contributed by atoms with E-state index in [1.807, 2.05) is 6.07 Å². The van der Waals surface area contributed by atoms with E-state index in [9.17, 15) is 22.4 Å². The Hall–Kier alpha value is -2.42. The summed E-state index contributed by atoms with van der Waals surface area (Å²) in [6, 6.07) is 7.43. The summed E-state index contributed by atoms with van der Waals surface area (Å²) in [5, 5.41) is 3.60. The lowest BCUT2D eigenvalue weighted by Gasteiger charge is -2.36. The fraction of sp³-hybridized carbons (Fsp3) is 0.500. The van der Waals surface area contributed by atoms with Gasteiger partial charge < -0.3 is 4.90 Å². The number of alkyl halides is 3. The third-order valence-electron chi connectivity index (χ3n) is 5.12. The molecule has 1 saturated heterocycles. The average Bonchev–Trinajstić information content (AvgIpc) is 3.03.